The van der Waals surface area contributed by atoms with E-state index in [-0.39, 0.29) is 24.7 Å². The van der Waals surface area contributed by atoms with Gasteiger partial charge in [-0.15, -0.1) is 0 Å². The second-order valence-electron chi connectivity index (χ2n) is 10.7. The average Bonchev–Trinajstić information content (AvgIpc) is 3.45. The van der Waals surface area contributed by atoms with Crippen molar-refractivity contribution in [1.82, 2.24) is 10.9 Å². The summed E-state index contributed by atoms with van der Waals surface area (Å²) in [6.45, 7) is 0.825. The number of carbonyl (C=O) groups excluding carboxylic acids is 1. The van der Waals surface area contributed by atoms with Gasteiger partial charge in [0.15, 0.2) is 11.6 Å². The van der Waals surface area contributed by atoms with Crippen LogP contribution >= 0.6 is 23.2 Å². The lowest BCUT2D eigenvalue weighted by Gasteiger charge is -2.30. The van der Waals surface area contributed by atoms with E-state index >= 15 is 0 Å². The Labute approximate surface area is 277 Å². The van der Waals surface area contributed by atoms with Gasteiger partial charge in [-0.25, -0.2) is 14.8 Å². The van der Waals surface area contributed by atoms with Crippen molar-refractivity contribution in [2.75, 3.05) is 19.8 Å². The minimum Gasteiger partial charge on any atom is -0.494 e. The Morgan fingerprint density at radius 2 is 1.78 bits per heavy atom. The van der Waals surface area contributed by atoms with E-state index in [1.807, 2.05) is 54.6 Å². The molecule has 7 nitrogen and oxygen atoms in total. The molecular formula is C36H34Cl2FN3O4. The molecule has 2 atom stereocenters. The summed E-state index contributed by atoms with van der Waals surface area (Å²) in [6.07, 6.45) is 4.20. The first kappa shape index (κ1) is 33.2. The van der Waals surface area contributed by atoms with Crippen molar-refractivity contribution >= 4 is 41.1 Å². The van der Waals surface area contributed by atoms with E-state index in [1.165, 1.54) is 12.1 Å². The lowest BCUT2D eigenvalue weighted by atomic mass is 9.84. The summed E-state index contributed by atoms with van der Waals surface area (Å²) in [5, 5.41) is 9.84. The Balaban J connectivity index is 1.47. The van der Waals surface area contributed by atoms with Crippen molar-refractivity contribution < 1.29 is 23.8 Å². The van der Waals surface area contributed by atoms with Crippen molar-refractivity contribution in [1.29, 1.82) is 0 Å². The quantitative estimate of drug-likeness (QED) is 0.0989. The standard InChI is InChI=1S/C36H34Cl2FN3O4/c37-28-13-18-31(32(38)24-28)33-36(20-4-8-25-6-2-1-3-7-25,35(44)42-40-21-19-26-9-14-29(39)15-10-26)41-34(46-33)27-11-16-30(17-12-27)45-23-5-22-43/h1-4,6-18,24,33,40,43H,5,19-23H2,(H,42,44)/b8-4+/t33-,36-/m0/s1. The summed E-state index contributed by atoms with van der Waals surface area (Å²) in [5.41, 5.74) is 7.49. The second kappa shape index (κ2) is 15.9. The zero-order valence-electron chi connectivity index (χ0n) is 25.0. The third-order valence-corrected chi connectivity index (χ3v) is 8.03. The monoisotopic (exact) mass is 661 g/mol. The zero-order chi connectivity index (χ0) is 32.4. The minimum absolute atomic E-state index is 0.0430. The molecule has 0 fully saturated rings. The molecule has 3 N–H and O–H groups in total. The molecular weight excluding hydrogens is 628 g/mol. The maximum Gasteiger partial charge on any atom is 0.266 e. The molecule has 4 aromatic carbocycles. The molecule has 1 amide bonds. The Kier molecular flexibility index (Phi) is 11.4. The third-order valence-electron chi connectivity index (χ3n) is 7.47. The number of hydrogen-bond donors (Lipinski definition) is 3. The fraction of sp³-hybridized carbons (Fsp3) is 0.222. The number of aliphatic hydroxyl groups is 1. The predicted octanol–water partition coefficient (Wildman–Crippen LogP) is 7.12. The molecule has 0 saturated carbocycles. The number of aliphatic hydroxyl groups excluding tert-OH is 1. The largest absolute Gasteiger partial charge is 0.494 e. The fourth-order valence-electron chi connectivity index (χ4n) is 5.05. The number of hydrazine groups is 1. The van der Waals surface area contributed by atoms with E-state index in [1.54, 1.807) is 42.5 Å². The summed E-state index contributed by atoms with van der Waals surface area (Å²) in [7, 11) is 0. The van der Waals surface area contributed by atoms with Crippen LogP contribution in [0.5, 0.6) is 5.75 Å². The summed E-state index contributed by atoms with van der Waals surface area (Å²) in [6, 6.07) is 28.2. The molecule has 0 aliphatic carbocycles. The highest BCUT2D eigenvalue weighted by molar-refractivity contribution is 6.35. The van der Waals surface area contributed by atoms with Crippen molar-refractivity contribution in [3.05, 3.63) is 141 Å². The molecule has 1 aliphatic rings. The predicted molar refractivity (Wildman–Crippen MR) is 180 cm³/mol. The van der Waals surface area contributed by atoms with Crippen LogP contribution in [0.2, 0.25) is 10.0 Å². The van der Waals surface area contributed by atoms with E-state index in [4.69, 9.17) is 42.8 Å². The first-order chi connectivity index (χ1) is 22.4. The third kappa shape index (κ3) is 8.33. The van der Waals surface area contributed by atoms with Crippen LogP contribution in [-0.4, -0.2) is 42.2 Å². The van der Waals surface area contributed by atoms with E-state index in [0.717, 1.165) is 11.1 Å². The van der Waals surface area contributed by atoms with Crippen molar-refractivity contribution in [3.63, 3.8) is 0 Å². The van der Waals surface area contributed by atoms with Crippen molar-refractivity contribution in [2.24, 2.45) is 4.99 Å². The van der Waals surface area contributed by atoms with E-state index in [2.05, 4.69) is 10.9 Å². The summed E-state index contributed by atoms with van der Waals surface area (Å²) in [4.78, 5) is 19.2. The molecule has 0 bridgehead atoms. The van der Waals surface area contributed by atoms with Gasteiger partial charge >= 0.3 is 0 Å². The lowest BCUT2D eigenvalue weighted by molar-refractivity contribution is -0.129. The van der Waals surface area contributed by atoms with Crippen molar-refractivity contribution in [2.45, 2.75) is 30.9 Å². The van der Waals surface area contributed by atoms with E-state index in [0.29, 0.717) is 52.9 Å². The molecule has 4 aromatic rings. The maximum absolute atomic E-state index is 14.3. The highest BCUT2D eigenvalue weighted by Crippen LogP contribution is 2.45. The van der Waals surface area contributed by atoms with Crippen LogP contribution in [0, 0.1) is 5.82 Å². The maximum atomic E-state index is 14.3. The molecule has 238 valence electrons. The van der Waals surface area contributed by atoms with Crippen molar-refractivity contribution in [3.8, 4) is 5.75 Å². The number of hydrogen-bond acceptors (Lipinski definition) is 6. The first-order valence-electron chi connectivity index (χ1n) is 14.9. The van der Waals surface area contributed by atoms with Gasteiger partial charge in [-0.3, -0.25) is 10.2 Å². The van der Waals surface area contributed by atoms with Gasteiger partial charge < -0.3 is 14.6 Å². The number of nitrogens with one attached hydrogen (secondary N) is 2. The van der Waals surface area contributed by atoms with Gasteiger partial charge in [0, 0.05) is 47.2 Å². The second-order valence-corrected chi connectivity index (χ2v) is 11.6. The fourth-order valence-corrected chi connectivity index (χ4v) is 5.56. The molecule has 1 heterocycles. The molecule has 0 unspecified atom stereocenters. The summed E-state index contributed by atoms with van der Waals surface area (Å²) in [5.74, 6) is 0.182. The number of benzene rings is 4. The Hall–Kier alpha value is -4.21. The number of aliphatic imine (C=N–C) groups is 1. The van der Waals surface area contributed by atoms with E-state index < -0.39 is 17.6 Å². The van der Waals surface area contributed by atoms with Crippen LogP contribution in [0.15, 0.2) is 108 Å². The summed E-state index contributed by atoms with van der Waals surface area (Å²) >= 11 is 12.9. The van der Waals surface area contributed by atoms with Crippen LogP contribution in [0.4, 0.5) is 4.39 Å². The molecule has 1 aliphatic heterocycles. The molecule has 0 spiro atoms. The Morgan fingerprint density at radius 1 is 1.02 bits per heavy atom. The number of carbonyl (C=O) groups is 1. The number of halogens is 3. The summed E-state index contributed by atoms with van der Waals surface area (Å²) < 4.78 is 25.5. The SMILES string of the molecule is O=C(NNCCc1ccc(F)cc1)[C@@]1(C/C=C/c2ccccc2)N=C(c2ccc(OCCCO)cc2)O[C@H]1c1ccc(Cl)cc1Cl. The van der Waals surface area contributed by atoms with E-state index in [9.17, 15) is 9.18 Å². The molecule has 0 aromatic heterocycles. The highest BCUT2D eigenvalue weighted by Gasteiger charge is 2.53. The number of nitrogens with zero attached hydrogens (tertiary/aromatic N) is 1. The van der Waals surface area contributed by atoms with Gasteiger partial charge in [-0.1, -0.05) is 83.9 Å². The Bertz CT molecular complexity index is 1670. The van der Waals surface area contributed by atoms with Gasteiger partial charge in [-0.2, -0.15) is 0 Å². The molecule has 10 heteroatoms. The van der Waals surface area contributed by atoms with Crippen LogP contribution < -0.4 is 15.6 Å². The zero-order valence-corrected chi connectivity index (χ0v) is 26.5. The van der Waals surface area contributed by atoms with Crippen LogP contribution in [0.1, 0.15) is 41.2 Å². The van der Waals surface area contributed by atoms with Gasteiger partial charge in [0.25, 0.3) is 5.91 Å². The molecule has 46 heavy (non-hydrogen) atoms. The van der Waals surface area contributed by atoms with Crippen LogP contribution in [0.3, 0.4) is 0 Å². The smallest absolute Gasteiger partial charge is 0.266 e. The Morgan fingerprint density at radius 3 is 2.50 bits per heavy atom. The minimum atomic E-state index is -1.46. The lowest BCUT2D eigenvalue weighted by Crippen LogP contribution is -2.52. The van der Waals surface area contributed by atoms with Crippen LogP contribution in [-0.2, 0) is 16.0 Å². The molecule has 5 rings (SSSR count). The molecule has 0 saturated heterocycles. The van der Waals surface area contributed by atoms with Gasteiger partial charge in [0.05, 0.1) is 6.61 Å². The number of rotatable bonds is 14. The average molecular weight is 663 g/mol. The van der Waals surface area contributed by atoms with Gasteiger partial charge in [0.1, 0.15) is 11.6 Å². The highest BCUT2D eigenvalue weighted by atomic mass is 35.5. The topological polar surface area (TPSA) is 92.2 Å². The molecule has 0 radical (unpaired) electrons. The number of amides is 1. The van der Waals surface area contributed by atoms with Crippen LogP contribution in [0.25, 0.3) is 6.08 Å². The number of ether oxygens (including phenoxy) is 2. The van der Waals surface area contributed by atoms with Gasteiger partial charge in [0.2, 0.25) is 5.90 Å². The van der Waals surface area contributed by atoms with Gasteiger partial charge in [-0.05, 0) is 66.1 Å². The first-order valence-corrected chi connectivity index (χ1v) is 15.7. The normalized spacial score (nSPS) is 17.5.